The molecule has 26 heavy (non-hydrogen) atoms. The van der Waals surface area contributed by atoms with Crippen molar-refractivity contribution in [2.45, 2.75) is 56.9 Å². The van der Waals surface area contributed by atoms with Crippen molar-refractivity contribution in [3.8, 4) is 11.1 Å². The SMILES string of the molecule is CCN[C@H]1CCc2cc(-c3cc(C(C)C)ccc3S(N)(=O)=O)ccc2C1. The third-order valence-electron chi connectivity index (χ3n) is 5.22. The Bertz CT molecular complexity index is 904. The van der Waals surface area contributed by atoms with E-state index >= 15 is 0 Å². The first-order valence-corrected chi connectivity index (χ1v) is 10.9. The van der Waals surface area contributed by atoms with Crippen molar-refractivity contribution in [1.29, 1.82) is 0 Å². The third kappa shape index (κ3) is 4.00. The van der Waals surface area contributed by atoms with Crippen molar-refractivity contribution < 1.29 is 8.42 Å². The fourth-order valence-electron chi connectivity index (χ4n) is 3.77. The second-order valence-electron chi connectivity index (χ2n) is 7.44. The molecule has 1 aliphatic carbocycles. The summed E-state index contributed by atoms with van der Waals surface area (Å²) in [7, 11) is -3.77. The largest absolute Gasteiger partial charge is 0.314 e. The molecule has 0 bridgehead atoms. The molecule has 0 saturated carbocycles. The molecule has 0 spiro atoms. The molecular weight excluding hydrogens is 344 g/mol. The maximum Gasteiger partial charge on any atom is 0.238 e. The van der Waals surface area contributed by atoms with E-state index in [9.17, 15) is 8.42 Å². The zero-order valence-corrected chi connectivity index (χ0v) is 16.6. The zero-order valence-electron chi connectivity index (χ0n) is 15.7. The molecule has 2 aromatic carbocycles. The van der Waals surface area contributed by atoms with Crippen LogP contribution >= 0.6 is 0 Å². The molecule has 0 radical (unpaired) electrons. The summed E-state index contributed by atoms with van der Waals surface area (Å²) >= 11 is 0. The number of hydrogen-bond acceptors (Lipinski definition) is 3. The van der Waals surface area contributed by atoms with Crippen molar-refractivity contribution in [3.05, 3.63) is 53.1 Å². The van der Waals surface area contributed by atoms with Gasteiger partial charge >= 0.3 is 0 Å². The highest BCUT2D eigenvalue weighted by atomic mass is 32.2. The van der Waals surface area contributed by atoms with E-state index in [0.717, 1.165) is 36.9 Å². The van der Waals surface area contributed by atoms with E-state index in [1.54, 1.807) is 6.07 Å². The smallest absolute Gasteiger partial charge is 0.238 e. The van der Waals surface area contributed by atoms with Crippen molar-refractivity contribution in [2.75, 3.05) is 6.54 Å². The first-order chi connectivity index (χ1) is 12.3. The molecule has 0 unspecified atom stereocenters. The van der Waals surface area contributed by atoms with Crippen LogP contribution in [0.25, 0.3) is 11.1 Å². The molecule has 2 aromatic rings. The normalized spacial score (nSPS) is 17.3. The van der Waals surface area contributed by atoms with Gasteiger partial charge in [0.25, 0.3) is 0 Å². The fourth-order valence-corrected chi connectivity index (χ4v) is 4.51. The second-order valence-corrected chi connectivity index (χ2v) is 8.97. The average molecular weight is 373 g/mol. The molecule has 3 rings (SSSR count). The number of nitrogens with one attached hydrogen (secondary N) is 1. The highest BCUT2D eigenvalue weighted by Gasteiger charge is 2.21. The van der Waals surface area contributed by atoms with Gasteiger partial charge in [-0.3, -0.25) is 0 Å². The minimum atomic E-state index is -3.77. The molecule has 1 atom stereocenters. The minimum absolute atomic E-state index is 0.197. The van der Waals surface area contributed by atoms with Crippen LogP contribution in [0.3, 0.4) is 0 Å². The number of rotatable bonds is 5. The Labute approximate surface area is 156 Å². The Morgan fingerprint density at radius 3 is 2.58 bits per heavy atom. The minimum Gasteiger partial charge on any atom is -0.314 e. The standard InChI is InChI=1S/C21H28N2O2S/c1-4-23-19-9-7-16-11-18(6-5-17(16)12-19)20-13-15(14(2)3)8-10-21(20)26(22,24)25/h5-6,8,10-11,13-14,19,23H,4,7,9,12H2,1-3H3,(H2,22,24,25)/t19-/m0/s1. The second kappa shape index (κ2) is 7.51. The van der Waals surface area contributed by atoms with Gasteiger partial charge in [0.1, 0.15) is 0 Å². The number of nitrogens with two attached hydrogens (primary N) is 1. The average Bonchev–Trinajstić information content (AvgIpc) is 2.60. The Kier molecular flexibility index (Phi) is 5.51. The van der Waals surface area contributed by atoms with Gasteiger partial charge in [0, 0.05) is 11.6 Å². The van der Waals surface area contributed by atoms with Gasteiger partial charge < -0.3 is 5.32 Å². The van der Waals surface area contributed by atoms with Gasteiger partial charge in [-0.25, -0.2) is 13.6 Å². The monoisotopic (exact) mass is 372 g/mol. The number of likely N-dealkylation sites (N-methyl/N-ethyl adjacent to an activating group) is 1. The van der Waals surface area contributed by atoms with Gasteiger partial charge in [0.15, 0.2) is 0 Å². The third-order valence-corrected chi connectivity index (χ3v) is 6.18. The number of benzene rings is 2. The Hall–Kier alpha value is -1.69. The van der Waals surface area contributed by atoms with Gasteiger partial charge in [0.2, 0.25) is 10.0 Å². The molecule has 0 aromatic heterocycles. The van der Waals surface area contributed by atoms with E-state index in [4.69, 9.17) is 5.14 Å². The zero-order chi connectivity index (χ0) is 18.9. The molecule has 3 N–H and O–H groups in total. The molecule has 0 amide bonds. The lowest BCUT2D eigenvalue weighted by Gasteiger charge is -2.26. The van der Waals surface area contributed by atoms with Crippen molar-refractivity contribution >= 4 is 10.0 Å². The predicted molar refractivity (Wildman–Crippen MR) is 107 cm³/mol. The highest BCUT2D eigenvalue weighted by molar-refractivity contribution is 7.89. The number of primary sulfonamides is 1. The van der Waals surface area contributed by atoms with Crippen LogP contribution in [0.4, 0.5) is 0 Å². The number of aryl methyl sites for hydroxylation is 1. The van der Waals surface area contributed by atoms with E-state index in [1.165, 1.54) is 11.1 Å². The Morgan fingerprint density at radius 1 is 1.15 bits per heavy atom. The van der Waals surface area contributed by atoms with Gasteiger partial charge in [-0.05, 0) is 66.1 Å². The van der Waals surface area contributed by atoms with Crippen molar-refractivity contribution in [3.63, 3.8) is 0 Å². The van der Waals surface area contributed by atoms with E-state index in [0.29, 0.717) is 17.5 Å². The summed E-state index contributed by atoms with van der Waals surface area (Å²) in [5.41, 5.74) is 5.40. The van der Waals surface area contributed by atoms with E-state index in [-0.39, 0.29) is 4.90 Å². The number of hydrogen-bond donors (Lipinski definition) is 2. The van der Waals surface area contributed by atoms with Gasteiger partial charge in [-0.2, -0.15) is 0 Å². The molecule has 0 saturated heterocycles. The van der Waals surface area contributed by atoms with Crippen LogP contribution in [0, 0.1) is 0 Å². The summed E-state index contributed by atoms with van der Waals surface area (Å²) in [6.45, 7) is 7.32. The quantitative estimate of drug-likeness (QED) is 0.842. The summed E-state index contributed by atoms with van der Waals surface area (Å²) in [4.78, 5) is 0.197. The van der Waals surface area contributed by atoms with E-state index in [1.807, 2.05) is 18.2 Å². The van der Waals surface area contributed by atoms with Gasteiger partial charge in [-0.15, -0.1) is 0 Å². The maximum atomic E-state index is 12.1. The molecule has 140 valence electrons. The Morgan fingerprint density at radius 2 is 1.92 bits per heavy atom. The van der Waals surface area contributed by atoms with Gasteiger partial charge in [0.05, 0.1) is 4.90 Å². The summed E-state index contributed by atoms with van der Waals surface area (Å²) in [5, 5.41) is 9.00. The van der Waals surface area contributed by atoms with Gasteiger partial charge in [-0.1, -0.05) is 45.0 Å². The molecule has 0 heterocycles. The summed E-state index contributed by atoms with van der Waals surface area (Å²) in [5.74, 6) is 0.321. The van der Waals surface area contributed by atoms with Crippen LogP contribution in [-0.4, -0.2) is 21.0 Å². The Balaban J connectivity index is 2.05. The molecule has 4 nitrogen and oxygen atoms in total. The first kappa shape index (κ1) is 19.1. The molecule has 0 fully saturated rings. The number of fused-ring (bicyclic) bond motifs is 1. The van der Waals surface area contributed by atoms with Crippen LogP contribution in [-0.2, 0) is 22.9 Å². The van der Waals surface area contributed by atoms with E-state index < -0.39 is 10.0 Å². The lowest BCUT2D eigenvalue weighted by Crippen LogP contribution is -2.34. The summed E-state index contributed by atoms with van der Waals surface area (Å²) in [6.07, 6.45) is 3.14. The summed E-state index contributed by atoms with van der Waals surface area (Å²) in [6, 6.07) is 12.3. The molecular formula is C21H28N2O2S. The maximum absolute atomic E-state index is 12.1. The fraction of sp³-hybridized carbons (Fsp3) is 0.429. The predicted octanol–water partition coefficient (Wildman–Crippen LogP) is 3.59. The molecule has 1 aliphatic rings. The first-order valence-electron chi connectivity index (χ1n) is 9.32. The lowest BCUT2D eigenvalue weighted by atomic mass is 9.86. The summed E-state index contributed by atoms with van der Waals surface area (Å²) < 4.78 is 24.2. The van der Waals surface area contributed by atoms with Crippen LogP contribution in [0.5, 0.6) is 0 Å². The van der Waals surface area contributed by atoms with Crippen LogP contribution in [0.15, 0.2) is 41.3 Å². The molecule has 5 heteroatoms. The number of sulfonamides is 1. The topological polar surface area (TPSA) is 72.2 Å². The van der Waals surface area contributed by atoms with Crippen LogP contribution in [0.2, 0.25) is 0 Å². The lowest BCUT2D eigenvalue weighted by molar-refractivity contribution is 0.471. The van der Waals surface area contributed by atoms with Crippen molar-refractivity contribution in [1.82, 2.24) is 5.32 Å². The van der Waals surface area contributed by atoms with E-state index in [2.05, 4.69) is 38.2 Å². The van der Waals surface area contributed by atoms with Crippen molar-refractivity contribution in [2.24, 2.45) is 5.14 Å². The highest BCUT2D eigenvalue weighted by Crippen LogP contribution is 2.33. The van der Waals surface area contributed by atoms with Crippen LogP contribution < -0.4 is 10.5 Å². The molecule has 0 aliphatic heterocycles. The van der Waals surface area contributed by atoms with Crippen LogP contribution in [0.1, 0.15) is 49.8 Å².